The highest BCUT2D eigenvalue weighted by Gasteiger charge is 2.23. The summed E-state index contributed by atoms with van der Waals surface area (Å²) in [4.78, 5) is 25.4. The first-order chi connectivity index (χ1) is 12.6. The number of amides is 1. The van der Waals surface area contributed by atoms with Gasteiger partial charge in [0.1, 0.15) is 5.69 Å². The van der Waals surface area contributed by atoms with E-state index in [-0.39, 0.29) is 11.6 Å². The Morgan fingerprint density at radius 3 is 2.62 bits per heavy atom. The minimum atomic E-state index is -0.405. The minimum absolute atomic E-state index is 0.00143. The average Bonchev–Trinajstić information content (AvgIpc) is 3.17. The lowest BCUT2D eigenvalue weighted by Crippen LogP contribution is -2.26. The number of aryl methyl sites for hydroxylation is 1. The van der Waals surface area contributed by atoms with Crippen LogP contribution in [0.3, 0.4) is 0 Å². The van der Waals surface area contributed by atoms with Crippen molar-refractivity contribution in [3.63, 3.8) is 0 Å². The highest BCUT2D eigenvalue weighted by atomic mass is 16.6. The SMILES string of the molecule is Cc1ccccc1CCNC(=O)c1ccc(N2CCCC2)c([N+](=O)[O-])c1. The molecule has 0 aromatic heterocycles. The molecule has 0 aliphatic carbocycles. The maximum absolute atomic E-state index is 12.4. The van der Waals surface area contributed by atoms with Gasteiger partial charge in [-0.05, 0) is 49.4 Å². The molecule has 0 saturated carbocycles. The number of nitrogens with zero attached hydrogens (tertiary/aromatic N) is 2. The highest BCUT2D eigenvalue weighted by Crippen LogP contribution is 2.31. The molecule has 1 saturated heterocycles. The average molecular weight is 353 g/mol. The summed E-state index contributed by atoms with van der Waals surface area (Å²) >= 11 is 0. The van der Waals surface area contributed by atoms with E-state index >= 15 is 0 Å². The molecule has 0 spiro atoms. The van der Waals surface area contributed by atoms with E-state index in [0.717, 1.165) is 32.4 Å². The number of carbonyl (C=O) groups excluding carboxylic acids is 1. The standard InChI is InChI=1S/C20H23N3O3/c1-15-6-2-3-7-16(15)10-11-21-20(24)17-8-9-18(19(14-17)23(25)26)22-12-4-5-13-22/h2-3,6-9,14H,4-5,10-13H2,1H3,(H,21,24). The zero-order valence-electron chi connectivity index (χ0n) is 14.9. The van der Waals surface area contributed by atoms with Crippen molar-refractivity contribution in [1.29, 1.82) is 0 Å². The van der Waals surface area contributed by atoms with E-state index in [2.05, 4.69) is 5.32 Å². The fourth-order valence-corrected chi connectivity index (χ4v) is 3.34. The van der Waals surface area contributed by atoms with E-state index in [4.69, 9.17) is 0 Å². The van der Waals surface area contributed by atoms with Crippen LogP contribution < -0.4 is 10.2 Å². The van der Waals surface area contributed by atoms with E-state index < -0.39 is 4.92 Å². The number of anilines is 1. The van der Waals surface area contributed by atoms with Gasteiger partial charge in [-0.1, -0.05) is 24.3 Å². The van der Waals surface area contributed by atoms with Crippen LogP contribution in [0.5, 0.6) is 0 Å². The predicted octanol–water partition coefficient (Wildman–Crippen LogP) is 3.48. The number of nitro groups is 1. The van der Waals surface area contributed by atoms with Crippen molar-refractivity contribution in [2.75, 3.05) is 24.5 Å². The van der Waals surface area contributed by atoms with Gasteiger partial charge >= 0.3 is 0 Å². The summed E-state index contributed by atoms with van der Waals surface area (Å²) < 4.78 is 0. The van der Waals surface area contributed by atoms with Crippen LogP contribution in [-0.2, 0) is 6.42 Å². The lowest BCUT2D eigenvalue weighted by molar-refractivity contribution is -0.384. The van der Waals surface area contributed by atoms with Crippen LogP contribution in [0, 0.1) is 17.0 Å². The maximum atomic E-state index is 12.4. The molecule has 1 heterocycles. The summed E-state index contributed by atoms with van der Waals surface area (Å²) in [5.74, 6) is -0.283. The molecule has 6 heteroatoms. The Morgan fingerprint density at radius 1 is 1.19 bits per heavy atom. The van der Waals surface area contributed by atoms with Gasteiger partial charge in [-0.2, -0.15) is 0 Å². The van der Waals surface area contributed by atoms with Crippen LogP contribution in [0.15, 0.2) is 42.5 Å². The van der Waals surface area contributed by atoms with Gasteiger partial charge in [0.15, 0.2) is 0 Å². The van der Waals surface area contributed by atoms with Crippen LogP contribution in [0.4, 0.5) is 11.4 Å². The second-order valence-electron chi connectivity index (χ2n) is 6.59. The zero-order chi connectivity index (χ0) is 18.5. The van der Waals surface area contributed by atoms with Crippen molar-refractivity contribution in [3.8, 4) is 0 Å². The first kappa shape index (κ1) is 17.9. The molecule has 2 aromatic rings. The van der Waals surface area contributed by atoms with E-state index in [1.54, 1.807) is 12.1 Å². The molecule has 136 valence electrons. The molecule has 1 N–H and O–H groups in total. The molecule has 1 fully saturated rings. The Kier molecular flexibility index (Phi) is 5.51. The summed E-state index contributed by atoms with van der Waals surface area (Å²) in [6.07, 6.45) is 2.81. The van der Waals surface area contributed by atoms with E-state index in [9.17, 15) is 14.9 Å². The number of hydrogen-bond donors (Lipinski definition) is 1. The van der Waals surface area contributed by atoms with Crippen LogP contribution in [0.2, 0.25) is 0 Å². The number of hydrogen-bond acceptors (Lipinski definition) is 4. The molecule has 0 bridgehead atoms. The first-order valence-electron chi connectivity index (χ1n) is 8.92. The third-order valence-electron chi connectivity index (χ3n) is 4.82. The molecule has 0 atom stereocenters. The summed E-state index contributed by atoms with van der Waals surface area (Å²) in [5, 5.41) is 14.3. The van der Waals surface area contributed by atoms with Crippen molar-refractivity contribution >= 4 is 17.3 Å². The van der Waals surface area contributed by atoms with Crippen LogP contribution in [0.25, 0.3) is 0 Å². The van der Waals surface area contributed by atoms with E-state index in [1.165, 1.54) is 17.2 Å². The Labute approximate surface area is 153 Å². The van der Waals surface area contributed by atoms with Crippen LogP contribution in [-0.4, -0.2) is 30.5 Å². The van der Waals surface area contributed by atoms with E-state index in [0.29, 0.717) is 17.8 Å². The van der Waals surface area contributed by atoms with Crippen molar-refractivity contribution in [2.45, 2.75) is 26.2 Å². The molecule has 2 aromatic carbocycles. The molecule has 0 unspecified atom stereocenters. The highest BCUT2D eigenvalue weighted by molar-refractivity contribution is 5.95. The molecule has 0 radical (unpaired) electrons. The molecule has 3 rings (SSSR count). The van der Waals surface area contributed by atoms with Gasteiger partial charge in [-0.15, -0.1) is 0 Å². The summed E-state index contributed by atoms with van der Waals surface area (Å²) in [7, 11) is 0. The molecule has 1 aliphatic heterocycles. The number of rotatable bonds is 6. The second-order valence-corrected chi connectivity index (χ2v) is 6.59. The normalized spacial score (nSPS) is 13.7. The van der Waals surface area contributed by atoms with Gasteiger partial charge in [0, 0.05) is 31.3 Å². The molecular weight excluding hydrogens is 330 g/mol. The predicted molar refractivity (Wildman–Crippen MR) is 102 cm³/mol. The smallest absolute Gasteiger partial charge is 0.293 e. The Morgan fingerprint density at radius 2 is 1.92 bits per heavy atom. The largest absolute Gasteiger partial charge is 0.366 e. The maximum Gasteiger partial charge on any atom is 0.293 e. The summed E-state index contributed by atoms with van der Waals surface area (Å²) in [6, 6.07) is 12.8. The fraction of sp³-hybridized carbons (Fsp3) is 0.350. The third kappa shape index (κ3) is 4.02. The van der Waals surface area contributed by atoms with Crippen molar-refractivity contribution in [1.82, 2.24) is 5.32 Å². The van der Waals surface area contributed by atoms with Gasteiger partial charge < -0.3 is 10.2 Å². The number of carbonyl (C=O) groups is 1. The minimum Gasteiger partial charge on any atom is -0.366 e. The number of nitrogens with one attached hydrogen (secondary N) is 1. The molecule has 26 heavy (non-hydrogen) atoms. The quantitative estimate of drug-likeness (QED) is 0.637. The van der Waals surface area contributed by atoms with Crippen molar-refractivity contribution in [2.24, 2.45) is 0 Å². The Bertz CT molecular complexity index is 814. The Balaban J connectivity index is 1.68. The van der Waals surface area contributed by atoms with Gasteiger partial charge in [0.05, 0.1) is 4.92 Å². The topological polar surface area (TPSA) is 75.5 Å². The summed E-state index contributed by atoms with van der Waals surface area (Å²) in [6.45, 7) is 4.18. The summed E-state index contributed by atoms with van der Waals surface area (Å²) in [5.41, 5.74) is 3.29. The van der Waals surface area contributed by atoms with Crippen molar-refractivity contribution < 1.29 is 9.72 Å². The molecule has 6 nitrogen and oxygen atoms in total. The molecule has 1 aliphatic rings. The first-order valence-corrected chi connectivity index (χ1v) is 8.92. The number of nitro benzene ring substituents is 1. The van der Waals surface area contributed by atoms with Gasteiger partial charge in [-0.3, -0.25) is 14.9 Å². The third-order valence-corrected chi connectivity index (χ3v) is 4.82. The second kappa shape index (κ2) is 7.99. The number of benzene rings is 2. The lowest BCUT2D eigenvalue weighted by Gasteiger charge is -2.17. The Hall–Kier alpha value is -2.89. The van der Waals surface area contributed by atoms with Crippen LogP contribution >= 0.6 is 0 Å². The fourth-order valence-electron chi connectivity index (χ4n) is 3.34. The van der Waals surface area contributed by atoms with Crippen molar-refractivity contribution in [3.05, 3.63) is 69.3 Å². The van der Waals surface area contributed by atoms with Crippen LogP contribution in [0.1, 0.15) is 34.3 Å². The molecule has 1 amide bonds. The van der Waals surface area contributed by atoms with E-state index in [1.807, 2.05) is 36.1 Å². The monoisotopic (exact) mass is 353 g/mol. The molecular formula is C20H23N3O3. The zero-order valence-corrected chi connectivity index (χ0v) is 14.9. The van der Waals surface area contributed by atoms with Gasteiger partial charge in [-0.25, -0.2) is 0 Å². The van der Waals surface area contributed by atoms with Gasteiger partial charge in [0.25, 0.3) is 11.6 Å². The van der Waals surface area contributed by atoms with Gasteiger partial charge in [0.2, 0.25) is 0 Å². The lowest BCUT2D eigenvalue weighted by atomic mass is 10.1.